The standard InChI is InChI=1S/C17H13ClN4O4/c1-26-13-7-3-2-6-11(13)22-14(24)9-12(23)15(21-22)17(25)20-10-5-4-8-19-16(10)18/h2-9,23H,1H3,(H,20,25). The smallest absolute Gasteiger partial charge is 0.280 e. The van der Waals surface area contributed by atoms with Gasteiger partial charge in [0, 0.05) is 12.3 Å². The van der Waals surface area contributed by atoms with Crippen LogP contribution in [-0.2, 0) is 0 Å². The van der Waals surface area contributed by atoms with Crippen LogP contribution in [-0.4, -0.2) is 32.9 Å². The van der Waals surface area contributed by atoms with Crippen molar-refractivity contribution in [1.29, 1.82) is 0 Å². The Bertz CT molecular complexity index is 1040. The molecule has 0 saturated heterocycles. The Morgan fingerprint density at radius 2 is 2.04 bits per heavy atom. The Morgan fingerprint density at radius 3 is 2.77 bits per heavy atom. The number of para-hydroxylation sites is 2. The van der Waals surface area contributed by atoms with E-state index in [0.717, 1.165) is 10.7 Å². The van der Waals surface area contributed by atoms with Crippen molar-refractivity contribution in [2.24, 2.45) is 0 Å². The van der Waals surface area contributed by atoms with Crippen molar-refractivity contribution in [3.05, 3.63) is 69.9 Å². The molecule has 3 aromatic rings. The Morgan fingerprint density at radius 1 is 1.27 bits per heavy atom. The average molecular weight is 373 g/mol. The number of halogens is 1. The zero-order valence-electron chi connectivity index (χ0n) is 13.5. The van der Waals surface area contributed by atoms with Crippen LogP contribution in [0.2, 0.25) is 5.15 Å². The number of methoxy groups -OCH3 is 1. The third kappa shape index (κ3) is 3.35. The normalized spacial score (nSPS) is 10.4. The molecule has 0 aliphatic rings. The molecule has 132 valence electrons. The third-order valence-corrected chi connectivity index (χ3v) is 3.75. The molecule has 26 heavy (non-hydrogen) atoms. The van der Waals surface area contributed by atoms with Gasteiger partial charge >= 0.3 is 0 Å². The van der Waals surface area contributed by atoms with Gasteiger partial charge in [0.05, 0.1) is 12.8 Å². The number of amides is 1. The maximum Gasteiger partial charge on any atom is 0.280 e. The van der Waals surface area contributed by atoms with Crippen LogP contribution in [0.4, 0.5) is 5.69 Å². The fourth-order valence-corrected chi connectivity index (χ4v) is 2.41. The molecule has 0 bridgehead atoms. The predicted molar refractivity (Wildman–Crippen MR) is 95.3 cm³/mol. The molecule has 0 spiro atoms. The van der Waals surface area contributed by atoms with Crippen LogP contribution < -0.4 is 15.6 Å². The van der Waals surface area contributed by atoms with Gasteiger partial charge in [0.1, 0.15) is 11.4 Å². The number of nitrogens with zero attached hydrogens (tertiary/aromatic N) is 3. The molecule has 0 saturated carbocycles. The Hall–Kier alpha value is -3.39. The largest absolute Gasteiger partial charge is 0.505 e. The first-order valence-corrected chi connectivity index (χ1v) is 7.77. The maximum absolute atomic E-state index is 12.5. The molecule has 0 radical (unpaired) electrons. The number of ether oxygens (including phenoxy) is 1. The number of carbonyl (C=O) groups excluding carboxylic acids is 1. The van der Waals surface area contributed by atoms with Gasteiger partial charge in [0.25, 0.3) is 11.5 Å². The van der Waals surface area contributed by atoms with E-state index >= 15 is 0 Å². The number of rotatable bonds is 4. The first kappa shape index (κ1) is 17.4. The van der Waals surface area contributed by atoms with Crippen molar-refractivity contribution >= 4 is 23.2 Å². The number of pyridine rings is 1. The molecule has 1 aromatic carbocycles. The van der Waals surface area contributed by atoms with E-state index in [4.69, 9.17) is 16.3 Å². The summed E-state index contributed by atoms with van der Waals surface area (Å²) in [7, 11) is 1.45. The highest BCUT2D eigenvalue weighted by atomic mass is 35.5. The zero-order valence-corrected chi connectivity index (χ0v) is 14.3. The van der Waals surface area contributed by atoms with E-state index in [2.05, 4.69) is 15.4 Å². The van der Waals surface area contributed by atoms with Gasteiger partial charge in [0.15, 0.2) is 16.6 Å². The summed E-state index contributed by atoms with van der Waals surface area (Å²) in [6.07, 6.45) is 1.47. The predicted octanol–water partition coefficient (Wildman–Crippen LogP) is 2.25. The van der Waals surface area contributed by atoms with Gasteiger partial charge in [-0.05, 0) is 24.3 Å². The summed E-state index contributed by atoms with van der Waals surface area (Å²) >= 11 is 5.91. The third-order valence-electron chi connectivity index (χ3n) is 3.45. The first-order chi connectivity index (χ1) is 12.5. The molecule has 0 fully saturated rings. The summed E-state index contributed by atoms with van der Waals surface area (Å²) in [6, 6.07) is 10.7. The van der Waals surface area contributed by atoms with Gasteiger partial charge in [0.2, 0.25) is 0 Å². The average Bonchev–Trinajstić information content (AvgIpc) is 2.63. The summed E-state index contributed by atoms with van der Waals surface area (Å²) in [4.78, 5) is 28.5. The molecular weight excluding hydrogens is 360 g/mol. The molecule has 2 N–H and O–H groups in total. The highest BCUT2D eigenvalue weighted by Gasteiger charge is 2.19. The lowest BCUT2D eigenvalue weighted by Crippen LogP contribution is -2.25. The van der Waals surface area contributed by atoms with Gasteiger partial charge in [-0.15, -0.1) is 0 Å². The number of hydrogen-bond donors (Lipinski definition) is 2. The van der Waals surface area contributed by atoms with Gasteiger partial charge in [-0.25, -0.2) is 4.98 Å². The van der Waals surface area contributed by atoms with E-state index in [1.54, 1.807) is 36.4 Å². The zero-order chi connectivity index (χ0) is 18.7. The number of benzene rings is 1. The van der Waals surface area contributed by atoms with Gasteiger partial charge in [-0.2, -0.15) is 9.78 Å². The monoisotopic (exact) mass is 372 g/mol. The summed E-state index contributed by atoms with van der Waals surface area (Å²) in [5.74, 6) is -0.922. The van der Waals surface area contributed by atoms with Crippen LogP contribution in [0, 0.1) is 0 Å². The van der Waals surface area contributed by atoms with Crippen molar-refractivity contribution in [1.82, 2.24) is 14.8 Å². The lowest BCUT2D eigenvalue weighted by Gasteiger charge is -2.12. The topological polar surface area (TPSA) is 106 Å². The lowest BCUT2D eigenvalue weighted by atomic mass is 10.2. The number of nitrogens with one attached hydrogen (secondary N) is 1. The van der Waals surface area contributed by atoms with E-state index < -0.39 is 17.2 Å². The van der Waals surface area contributed by atoms with Crippen LogP contribution in [0.1, 0.15) is 10.5 Å². The summed E-state index contributed by atoms with van der Waals surface area (Å²) in [5.41, 5.74) is -0.401. The van der Waals surface area contributed by atoms with Crippen LogP contribution in [0.3, 0.4) is 0 Å². The minimum absolute atomic E-state index is 0.0818. The summed E-state index contributed by atoms with van der Waals surface area (Å²) in [5, 5.41) is 16.5. The fourth-order valence-electron chi connectivity index (χ4n) is 2.25. The van der Waals surface area contributed by atoms with Crippen LogP contribution in [0.25, 0.3) is 5.69 Å². The molecule has 1 amide bonds. The molecular formula is C17H13ClN4O4. The highest BCUT2D eigenvalue weighted by Crippen LogP contribution is 2.23. The van der Waals surface area contributed by atoms with Crippen molar-refractivity contribution < 1.29 is 14.6 Å². The minimum Gasteiger partial charge on any atom is -0.505 e. The molecule has 3 rings (SSSR count). The van der Waals surface area contributed by atoms with Crippen LogP contribution >= 0.6 is 11.6 Å². The number of carbonyl (C=O) groups is 1. The van der Waals surface area contributed by atoms with Crippen molar-refractivity contribution in [3.8, 4) is 17.2 Å². The second kappa shape index (κ2) is 7.24. The molecule has 0 atom stereocenters. The molecule has 9 heteroatoms. The van der Waals surface area contributed by atoms with Gasteiger partial charge in [-0.1, -0.05) is 23.7 Å². The Kier molecular flexibility index (Phi) is 4.85. The van der Waals surface area contributed by atoms with E-state index in [9.17, 15) is 14.7 Å². The number of hydrogen-bond acceptors (Lipinski definition) is 6. The van der Waals surface area contributed by atoms with E-state index in [1.807, 2.05) is 0 Å². The van der Waals surface area contributed by atoms with Gasteiger partial charge in [-0.3, -0.25) is 9.59 Å². The van der Waals surface area contributed by atoms with Crippen molar-refractivity contribution in [2.75, 3.05) is 12.4 Å². The van der Waals surface area contributed by atoms with E-state index in [0.29, 0.717) is 11.4 Å². The van der Waals surface area contributed by atoms with Crippen molar-refractivity contribution in [2.45, 2.75) is 0 Å². The lowest BCUT2D eigenvalue weighted by molar-refractivity contribution is 0.101. The Labute approximate surface area is 152 Å². The molecule has 0 aliphatic carbocycles. The van der Waals surface area contributed by atoms with E-state index in [-0.39, 0.29) is 16.5 Å². The van der Waals surface area contributed by atoms with Crippen molar-refractivity contribution in [3.63, 3.8) is 0 Å². The minimum atomic E-state index is -0.749. The summed E-state index contributed by atoms with van der Waals surface area (Å²) < 4.78 is 6.18. The molecule has 2 aromatic heterocycles. The molecule has 0 aliphatic heterocycles. The number of aromatic nitrogens is 3. The maximum atomic E-state index is 12.5. The molecule has 8 nitrogen and oxygen atoms in total. The SMILES string of the molecule is COc1ccccc1-n1nc(C(=O)Nc2cccnc2Cl)c(O)cc1=O. The molecule has 2 heterocycles. The fraction of sp³-hybridized carbons (Fsp3) is 0.0588. The second-order valence-electron chi connectivity index (χ2n) is 5.10. The highest BCUT2D eigenvalue weighted by molar-refractivity contribution is 6.32. The van der Waals surface area contributed by atoms with E-state index in [1.165, 1.54) is 13.3 Å². The number of aromatic hydroxyl groups is 1. The number of anilines is 1. The van der Waals surface area contributed by atoms with Crippen LogP contribution in [0.5, 0.6) is 11.5 Å². The molecule has 0 unspecified atom stereocenters. The Balaban J connectivity index is 2.05. The first-order valence-electron chi connectivity index (χ1n) is 7.40. The van der Waals surface area contributed by atoms with Gasteiger partial charge < -0.3 is 15.2 Å². The van der Waals surface area contributed by atoms with Crippen LogP contribution in [0.15, 0.2) is 53.5 Å². The second-order valence-corrected chi connectivity index (χ2v) is 5.45. The summed E-state index contributed by atoms with van der Waals surface area (Å²) in [6.45, 7) is 0. The quantitative estimate of drug-likeness (QED) is 0.680.